The van der Waals surface area contributed by atoms with E-state index >= 15 is 0 Å². The van der Waals surface area contributed by atoms with Crippen molar-refractivity contribution in [1.82, 2.24) is 4.90 Å². The zero-order valence-electron chi connectivity index (χ0n) is 22.4. The zero-order chi connectivity index (χ0) is 25.4. The molecule has 1 saturated carbocycles. The Labute approximate surface area is 214 Å². The van der Waals surface area contributed by atoms with Crippen molar-refractivity contribution in [1.29, 1.82) is 0 Å². The first-order chi connectivity index (χ1) is 17.0. The molecule has 2 aliphatic rings. The van der Waals surface area contributed by atoms with Crippen LogP contribution in [0.15, 0.2) is 12.2 Å². The Morgan fingerprint density at radius 3 is 1.57 bits per heavy atom. The van der Waals surface area contributed by atoms with Gasteiger partial charge in [-0.2, -0.15) is 0 Å². The van der Waals surface area contributed by atoms with Crippen LogP contribution in [0.2, 0.25) is 0 Å². The summed E-state index contributed by atoms with van der Waals surface area (Å²) >= 11 is 0. The van der Waals surface area contributed by atoms with Gasteiger partial charge in [0.05, 0.1) is 5.41 Å². The number of hydrogen-bond acceptors (Lipinski definition) is 3. The Morgan fingerprint density at radius 1 is 0.771 bits per heavy atom. The first kappa shape index (κ1) is 29.6. The second kappa shape index (κ2) is 16.9. The Balaban J connectivity index is 1.46. The van der Waals surface area contributed by atoms with Crippen LogP contribution in [0.3, 0.4) is 0 Å². The summed E-state index contributed by atoms with van der Waals surface area (Å²) in [5.74, 6) is -0.913. The van der Waals surface area contributed by atoms with Crippen LogP contribution in [0.5, 0.6) is 0 Å². The molecule has 2 rings (SSSR count). The molecule has 0 saturated heterocycles. The summed E-state index contributed by atoms with van der Waals surface area (Å²) in [6.07, 6.45) is 27.5. The molecule has 0 unspecified atom stereocenters. The van der Waals surface area contributed by atoms with E-state index in [4.69, 9.17) is 0 Å². The van der Waals surface area contributed by atoms with Gasteiger partial charge >= 0.3 is 5.97 Å². The third-order valence-corrected chi connectivity index (χ3v) is 8.37. The van der Waals surface area contributed by atoms with Gasteiger partial charge in [0.2, 0.25) is 0 Å². The lowest BCUT2D eigenvalue weighted by Gasteiger charge is -2.38. The molecule has 0 radical (unpaired) electrons. The fourth-order valence-electron chi connectivity index (χ4n) is 5.86. The van der Waals surface area contributed by atoms with Crippen molar-refractivity contribution < 1.29 is 19.5 Å². The summed E-state index contributed by atoms with van der Waals surface area (Å²) in [5.41, 5.74) is -0.607. The van der Waals surface area contributed by atoms with Crippen molar-refractivity contribution in [3.63, 3.8) is 0 Å². The molecule has 1 N–H and O–H groups in total. The SMILES string of the molecule is CCCCCCCCCCCCCCCCCCC1(C(=O)O)CCC(CN2C(=O)C=CC2=O)CC1. The fourth-order valence-corrected chi connectivity index (χ4v) is 5.86. The highest BCUT2D eigenvalue weighted by Gasteiger charge is 2.42. The molecule has 0 aromatic rings. The number of nitrogens with zero attached hydrogens (tertiary/aromatic N) is 1. The lowest BCUT2D eigenvalue weighted by molar-refractivity contribution is -0.153. The molecule has 0 aromatic carbocycles. The fraction of sp³-hybridized carbons (Fsp3) is 0.833. The first-order valence-electron chi connectivity index (χ1n) is 14.8. The summed E-state index contributed by atoms with van der Waals surface area (Å²) in [7, 11) is 0. The van der Waals surface area contributed by atoms with Crippen molar-refractivity contribution in [2.45, 2.75) is 142 Å². The van der Waals surface area contributed by atoms with Gasteiger partial charge in [0, 0.05) is 18.7 Å². The van der Waals surface area contributed by atoms with E-state index in [9.17, 15) is 19.5 Å². The molecule has 1 heterocycles. The normalized spacial score (nSPS) is 22.3. The molecular weight excluding hydrogens is 438 g/mol. The van der Waals surface area contributed by atoms with Gasteiger partial charge in [-0.25, -0.2) is 0 Å². The van der Waals surface area contributed by atoms with E-state index in [-0.39, 0.29) is 17.7 Å². The van der Waals surface area contributed by atoms with Gasteiger partial charge in [-0.3, -0.25) is 19.3 Å². The van der Waals surface area contributed by atoms with E-state index in [1.807, 2.05) is 0 Å². The van der Waals surface area contributed by atoms with Crippen LogP contribution in [-0.2, 0) is 14.4 Å². The summed E-state index contributed by atoms with van der Waals surface area (Å²) in [6.45, 7) is 2.70. The average molecular weight is 490 g/mol. The van der Waals surface area contributed by atoms with Crippen molar-refractivity contribution in [3.05, 3.63) is 12.2 Å². The maximum atomic E-state index is 12.1. The van der Waals surface area contributed by atoms with E-state index in [0.29, 0.717) is 19.4 Å². The van der Waals surface area contributed by atoms with Crippen molar-refractivity contribution in [2.75, 3.05) is 6.54 Å². The second-order valence-electron chi connectivity index (χ2n) is 11.2. The van der Waals surface area contributed by atoms with E-state index < -0.39 is 11.4 Å². The highest BCUT2D eigenvalue weighted by molar-refractivity contribution is 6.12. The average Bonchev–Trinajstić information content (AvgIpc) is 3.16. The molecule has 1 aliphatic carbocycles. The summed E-state index contributed by atoms with van der Waals surface area (Å²) < 4.78 is 0. The third-order valence-electron chi connectivity index (χ3n) is 8.37. The number of rotatable bonds is 20. The third kappa shape index (κ3) is 10.9. The number of imide groups is 1. The Morgan fingerprint density at radius 2 is 1.17 bits per heavy atom. The quantitative estimate of drug-likeness (QED) is 0.140. The number of unbranched alkanes of at least 4 members (excludes halogenated alkanes) is 15. The van der Waals surface area contributed by atoms with E-state index in [1.165, 1.54) is 107 Å². The van der Waals surface area contributed by atoms with Crippen molar-refractivity contribution >= 4 is 17.8 Å². The van der Waals surface area contributed by atoms with Gasteiger partial charge in [0.1, 0.15) is 0 Å². The Hall–Kier alpha value is -1.65. The van der Waals surface area contributed by atoms with Gasteiger partial charge in [-0.15, -0.1) is 0 Å². The van der Waals surface area contributed by atoms with Crippen molar-refractivity contribution in [3.8, 4) is 0 Å². The minimum absolute atomic E-state index is 0.223. The monoisotopic (exact) mass is 489 g/mol. The number of amides is 2. The minimum Gasteiger partial charge on any atom is -0.481 e. The summed E-state index contributed by atoms with van der Waals surface area (Å²) in [4.78, 5) is 37.0. The molecular formula is C30H51NO4. The van der Waals surface area contributed by atoms with Crippen LogP contribution >= 0.6 is 0 Å². The number of carbonyl (C=O) groups excluding carboxylic acids is 2. The Bertz CT molecular complexity index is 645. The highest BCUT2D eigenvalue weighted by Crippen LogP contribution is 2.43. The van der Waals surface area contributed by atoms with Crippen LogP contribution in [0, 0.1) is 11.3 Å². The van der Waals surface area contributed by atoms with Gasteiger partial charge in [0.15, 0.2) is 0 Å². The smallest absolute Gasteiger partial charge is 0.309 e. The van der Waals surface area contributed by atoms with Crippen LogP contribution in [0.25, 0.3) is 0 Å². The predicted molar refractivity (Wildman–Crippen MR) is 142 cm³/mol. The largest absolute Gasteiger partial charge is 0.481 e. The van der Waals surface area contributed by atoms with Gasteiger partial charge in [-0.1, -0.05) is 110 Å². The lowest BCUT2D eigenvalue weighted by Crippen LogP contribution is -2.40. The number of carboxylic acid groups (broad SMARTS) is 1. The van der Waals surface area contributed by atoms with Crippen LogP contribution in [0.1, 0.15) is 142 Å². The molecule has 0 spiro atoms. The van der Waals surface area contributed by atoms with E-state index in [2.05, 4.69) is 6.92 Å². The molecule has 2 amide bonds. The van der Waals surface area contributed by atoms with Gasteiger partial charge in [-0.05, 0) is 38.0 Å². The molecule has 1 fully saturated rings. The van der Waals surface area contributed by atoms with E-state index in [0.717, 1.165) is 32.1 Å². The summed E-state index contributed by atoms with van der Waals surface area (Å²) in [6, 6.07) is 0. The van der Waals surface area contributed by atoms with Gasteiger partial charge in [0.25, 0.3) is 11.8 Å². The minimum atomic E-state index is -0.660. The molecule has 0 bridgehead atoms. The Kier molecular flexibility index (Phi) is 14.3. The molecule has 35 heavy (non-hydrogen) atoms. The molecule has 5 nitrogen and oxygen atoms in total. The maximum Gasteiger partial charge on any atom is 0.309 e. The molecule has 200 valence electrons. The standard InChI is InChI=1S/C30H51NO4/c1-2-3-4-5-6-7-8-9-10-11-12-13-14-15-16-17-22-30(29(34)35)23-20-26(21-24-30)25-31-27(32)18-19-28(31)33/h18-19,26H,2-17,20-25H2,1H3,(H,34,35). The lowest BCUT2D eigenvalue weighted by atomic mass is 9.67. The van der Waals surface area contributed by atoms with Gasteiger partial charge < -0.3 is 5.11 Å². The van der Waals surface area contributed by atoms with Crippen LogP contribution < -0.4 is 0 Å². The highest BCUT2D eigenvalue weighted by atomic mass is 16.4. The zero-order valence-corrected chi connectivity index (χ0v) is 22.4. The number of aliphatic carboxylic acids is 1. The van der Waals surface area contributed by atoms with Crippen LogP contribution in [-0.4, -0.2) is 34.3 Å². The predicted octanol–water partition coefficient (Wildman–Crippen LogP) is 7.82. The number of hydrogen-bond donors (Lipinski definition) is 1. The maximum absolute atomic E-state index is 12.1. The molecule has 1 aliphatic heterocycles. The summed E-state index contributed by atoms with van der Waals surface area (Å²) in [5, 5.41) is 9.94. The second-order valence-corrected chi connectivity index (χ2v) is 11.2. The molecule has 0 atom stereocenters. The topological polar surface area (TPSA) is 74.7 Å². The van der Waals surface area contributed by atoms with E-state index in [1.54, 1.807) is 0 Å². The first-order valence-corrected chi connectivity index (χ1v) is 14.8. The molecule has 5 heteroatoms. The number of carboxylic acids is 1. The van der Waals surface area contributed by atoms with Crippen molar-refractivity contribution in [2.24, 2.45) is 11.3 Å². The molecule has 0 aromatic heterocycles. The number of carbonyl (C=O) groups is 3. The van der Waals surface area contributed by atoms with Crippen LogP contribution in [0.4, 0.5) is 0 Å².